The summed E-state index contributed by atoms with van der Waals surface area (Å²) in [6.45, 7) is 5.01. The summed E-state index contributed by atoms with van der Waals surface area (Å²) in [5.41, 5.74) is 3.52. The van der Waals surface area contributed by atoms with E-state index in [0.717, 1.165) is 18.5 Å². The van der Waals surface area contributed by atoms with Gasteiger partial charge in [0.15, 0.2) is 0 Å². The molecule has 100 valence electrons. The summed E-state index contributed by atoms with van der Waals surface area (Å²) in [7, 11) is 0. The molecule has 1 nitrogen and oxygen atoms in total. The van der Waals surface area contributed by atoms with Crippen molar-refractivity contribution >= 4 is 0 Å². The third kappa shape index (κ3) is 3.90. The second-order valence-corrected chi connectivity index (χ2v) is 4.91. The molecule has 0 amide bonds. The zero-order valence-corrected chi connectivity index (χ0v) is 11.5. The van der Waals surface area contributed by atoms with Crippen molar-refractivity contribution in [3.63, 3.8) is 0 Å². The van der Waals surface area contributed by atoms with E-state index in [1.165, 1.54) is 17.2 Å². The molecule has 0 aromatic heterocycles. The van der Waals surface area contributed by atoms with Crippen molar-refractivity contribution in [1.29, 1.82) is 0 Å². The first-order chi connectivity index (χ1) is 9.16. The summed E-state index contributed by atoms with van der Waals surface area (Å²) in [5, 5.41) is 3.50. The van der Waals surface area contributed by atoms with E-state index >= 15 is 0 Å². The van der Waals surface area contributed by atoms with Crippen LogP contribution in [0.3, 0.4) is 0 Å². The minimum Gasteiger partial charge on any atom is -0.310 e. The van der Waals surface area contributed by atoms with E-state index in [1.807, 2.05) is 19.1 Å². The third-order valence-electron chi connectivity index (χ3n) is 3.45. The highest BCUT2D eigenvalue weighted by atomic mass is 19.1. The van der Waals surface area contributed by atoms with Gasteiger partial charge < -0.3 is 5.32 Å². The van der Waals surface area contributed by atoms with Gasteiger partial charge >= 0.3 is 0 Å². The topological polar surface area (TPSA) is 12.0 Å². The molecule has 0 aliphatic rings. The molecule has 0 heterocycles. The van der Waals surface area contributed by atoms with Crippen molar-refractivity contribution in [2.75, 3.05) is 6.54 Å². The lowest BCUT2D eigenvalue weighted by Crippen LogP contribution is -2.21. The molecule has 2 aromatic rings. The predicted molar refractivity (Wildman–Crippen MR) is 77.7 cm³/mol. The van der Waals surface area contributed by atoms with Crippen LogP contribution >= 0.6 is 0 Å². The number of benzene rings is 2. The molecular formula is C17H20FN. The third-order valence-corrected chi connectivity index (χ3v) is 3.45. The van der Waals surface area contributed by atoms with Crippen molar-refractivity contribution in [2.24, 2.45) is 0 Å². The van der Waals surface area contributed by atoms with Crippen LogP contribution in [0, 0.1) is 12.7 Å². The number of hydrogen-bond donors (Lipinski definition) is 1. The van der Waals surface area contributed by atoms with Crippen LogP contribution in [0.5, 0.6) is 0 Å². The summed E-state index contributed by atoms with van der Waals surface area (Å²) in [6, 6.07) is 15.7. The molecule has 1 N–H and O–H groups in total. The fourth-order valence-corrected chi connectivity index (χ4v) is 2.22. The smallest absolute Gasteiger partial charge is 0.123 e. The lowest BCUT2D eigenvalue weighted by atomic mass is 10.0. The molecule has 0 saturated carbocycles. The van der Waals surface area contributed by atoms with Crippen LogP contribution in [-0.4, -0.2) is 6.54 Å². The van der Waals surface area contributed by atoms with Crippen LogP contribution in [0.25, 0.3) is 0 Å². The zero-order chi connectivity index (χ0) is 13.7. The quantitative estimate of drug-likeness (QED) is 0.852. The highest BCUT2D eigenvalue weighted by Crippen LogP contribution is 2.13. The first kappa shape index (κ1) is 13.8. The largest absolute Gasteiger partial charge is 0.310 e. The standard InChI is InChI=1S/C17H20FN/c1-13-12-17(18)9-8-15(13)10-11-19-14(2)16-6-4-3-5-7-16/h3-9,12,14,19H,10-11H2,1-2H3. The Labute approximate surface area is 114 Å². The predicted octanol–water partition coefficient (Wildman–Crippen LogP) is 4.03. The Balaban J connectivity index is 1.86. The van der Waals surface area contributed by atoms with Crippen molar-refractivity contribution in [2.45, 2.75) is 26.3 Å². The lowest BCUT2D eigenvalue weighted by molar-refractivity contribution is 0.575. The molecule has 0 aliphatic heterocycles. The average molecular weight is 257 g/mol. The zero-order valence-electron chi connectivity index (χ0n) is 11.5. The summed E-state index contributed by atoms with van der Waals surface area (Å²) >= 11 is 0. The van der Waals surface area contributed by atoms with Crippen LogP contribution in [0.2, 0.25) is 0 Å². The van der Waals surface area contributed by atoms with Gasteiger partial charge in [0.2, 0.25) is 0 Å². The molecule has 19 heavy (non-hydrogen) atoms. The Morgan fingerprint density at radius 2 is 1.84 bits per heavy atom. The van der Waals surface area contributed by atoms with Crippen molar-refractivity contribution in [3.05, 3.63) is 71.0 Å². The van der Waals surface area contributed by atoms with Crippen LogP contribution in [0.1, 0.15) is 29.7 Å². The molecule has 1 atom stereocenters. The fourth-order valence-electron chi connectivity index (χ4n) is 2.22. The van der Waals surface area contributed by atoms with Gasteiger partial charge in [-0.15, -0.1) is 0 Å². The Morgan fingerprint density at radius 3 is 2.53 bits per heavy atom. The number of halogens is 1. The van der Waals surface area contributed by atoms with E-state index < -0.39 is 0 Å². The van der Waals surface area contributed by atoms with E-state index in [9.17, 15) is 4.39 Å². The van der Waals surface area contributed by atoms with Crippen molar-refractivity contribution in [3.8, 4) is 0 Å². The van der Waals surface area contributed by atoms with E-state index in [2.05, 4.69) is 36.5 Å². The van der Waals surface area contributed by atoms with Gasteiger partial charge in [-0.25, -0.2) is 4.39 Å². The molecule has 2 rings (SSSR count). The molecule has 2 heteroatoms. The maximum atomic E-state index is 13.0. The van der Waals surface area contributed by atoms with E-state index in [0.29, 0.717) is 6.04 Å². The summed E-state index contributed by atoms with van der Waals surface area (Å²) in [6.07, 6.45) is 0.920. The monoisotopic (exact) mass is 257 g/mol. The Hall–Kier alpha value is -1.67. The maximum absolute atomic E-state index is 13.0. The second kappa shape index (κ2) is 6.48. The molecule has 0 fully saturated rings. The second-order valence-electron chi connectivity index (χ2n) is 4.91. The van der Waals surface area contributed by atoms with Gasteiger partial charge in [-0.05, 0) is 55.6 Å². The molecule has 0 aliphatic carbocycles. The van der Waals surface area contributed by atoms with Gasteiger partial charge in [0.05, 0.1) is 0 Å². The van der Waals surface area contributed by atoms with Crippen molar-refractivity contribution < 1.29 is 4.39 Å². The molecule has 2 aromatic carbocycles. The van der Waals surface area contributed by atoms with E-state index in [-0.39, 0.29) is 5.82 Å². The molecular weight excluding hydrogens is 237 g/mol. The molecule has 1 unspecified atom stereocenters. The number of nitrogens with one attached hydrogen (secondary N) is 1. The Morgan fingerprint density at radius 1 is 1.11 bits per heavy atom. The molecule has 0 saturated heterocycles. The fraction of sp³-hybridized carbons (Fsp3) is 0.294. The van der Waals surface area contributed by atoms with Gasteiger partial charge in [-0.1, -0.05) is 36.4 Å². The van der Waals surface area contributed by atoms with Crippen LogP contribution in [0.15, 0.2) is 48.5 Å². The summed E-state index contributed by atoms with van der Waals surface area (Å²) in [4.78, 5) is 0. The minimum absolute atomic E-state index is 0.160. The van der Waals surface area contributed by atoms with E-state index in [4.69, 9.17) is 0 Å². The highest BCUT2D eigenvalue weighted by molar-refractivity contribution is 5.27. The Bertz CT molecular complexity index is 522. The van der Waals surface area contributed by atoms with E-state index in [1.54, 1.807) is 6.07 Å². The summed E-state index contributed by atoms with van der Waals surface area (Å²) < 4.78 is 13.0. The number of aryl methyl sites for hydroxylation is 1. The first-order valence-electron chi connectivity index (χ1n) is 6.70. The first-order valence-corrected chi connectivity index (χ1v) is 6.70. The molecule has 0 radical (unpaired) electrons. The van der Waals surface area contributed by atoms with Gasteiger partial charge in [-0.2, -0.15) is 0 Å². The number of rotatable bonds is 5. The number of hydrogen-bond acceptors (Lipinski definition) is 1. The average Bonchev–Trinajstić information content (AvgIpc) is 2.42. The minimum atomic E-state index is -0.160. The van der Waals surface area contributed by atoms with Crippen molar-refractivity contribution in [1.82, 2.24) is 5.32 Å². The maximum Gasteiger partial charge on any atom is 0.123 e. The molecule has 0 bridgehead atoms. The molecule has 0 spiro atoms. The van der Waals surface area contributed by atoms with Crippen LogP contribution < -0.4 is 5.32 Å². The van der Waals surface area contributed by atoms with Gasteiger partial charge in [0, 0.05) is 6.04 Å². The van der Waals surface area contributed by atoms with Gasteiger partial charge in [-0.3, -0.25) is 0 Å². The normalized spacial score (nSPS) is 12.4. The van der Waals surface area contributed by atoms with Crippen LogP contribution in [-0.2, 0) is 6.42 Å². The Kier molecular flexibility index (Phi) is 4.69. The lowest BCUT2D eigenvalue weighted by Gasteiger charge is -2.14. The SMILES string of the molecule is Cc1cc(F)ccc1CCNC(C)c1ccccc1. The van der Waals surface area contributed by atoms with Gasteiger partial charge in [0.25, 0.3) is 0 Å². The highest BCUT2D eigenvalue weighted by Gasteiger charge is 2.04. The van der Waals surface area contributed by atoms with Gasteiger partial charge in [0.1, 0.15) is 5.82 Å². The van der Waals surface area contributed by atoms with Crippen LogP contribution in [0.4, 0.5) is 4.39 Å². The summed E-state index contributed by atoms with van der Waals surface area (Å²) in [5.74, 6) is -0.160.